The Morgan fingerprint density at radius 3 is 2.56 bits per heavy atom. The highest BCUT2D eigenvalue weighted by atomic mass is 32.1. The minimum atomic E-state index is -0.406. The van der Waals surface area contributed by atoms with Crippen molar-refractivity contribution in [1.29, 1.82) is 0 Å². The summed E-state index contributed by atoms with van der Waals surface area (Å²) in [6.07, 6.45) is 3.34. The molecule has 3 N–H and O–H groups in total. The van der Waals surface area contributed by atoms with Gasteiger partial charge in [-0.3, -0.25) is 4.79 Å². The highest BCUT2D eigenvalue weighted by Gasteiger charge is 1.98. The fourth-order valence-corrected chi connectivity index (χ4v) is 1.10. The van der Waals surface area contributed by atoms with Crippen molar-refractivity contribution < 1.29 is 4.79 Å². The Kier molecular flexibility index (Phi) is 8.56. The number of hydrogen-bond donors (Lipinski definition) is 3. The summed E-state index contributed by atoms with van der Waals surface area (Å²) in [5.41, 5.74) is 5.40. The van der Waals surface area contributed by atoms with Crippen LogP contribution in [0.3, 0.4) is 0 Å². The SMILES string of the molecule is C=C(CCCS)C(N)=O.S=c1cccc[nH]1. The Morgan fingerprint density at radius 1 is 1.56 bits per heavy atom. The third-order valence-electron chi connectivity index (χ3n) is 1.67. The molecule has 0 bridgehead atoms. The highest BCUT2D eigenvalue weighted by molar-refractivity contribution is 7.80. The van der Waals surface area contributed by atoms with Gasteiger partial charge in [0.15, 0.2) is 0 Å². The fourth-order valence-electron chi connectivity index (χ4n) is 0.793. The number of rotatable bonds is 4. The first-order chi connectivity index (χ1) is 7.57. The molecule has 0 saturated carbocycles. The second-order valence-corrected chi connectivity index (χ2v) is 3.91. The Hall–Kier alpha value is -1.07. The molecule has 3 nitrogen and oxygen atoms in total. The Balaban J connectivity index is 0.000000288. The number of nitrogens with one attached hydrogen (secondary N) is 1. The lowest BCUT2D eigenvalue weighted by Crippen LogP contribution is -2.12. The van der Waals surface area contributed by atoms with Crippen LogP contribution in [0, 0.1) is 4.64 Å². The van der Waals surface area contributed by atoms with E-state index in [1.54, 1.807) is 0 Å². The van der Waals surface area contributed by atoms with Gasteiger partial charge in [0.1, 0.15) is 4.64 Å². The molecule has 0 aliphatic carbocycles. The zero-order valence-electron chi connectivity index (χ0n) is 8.98. The van der Waals surface area contributed by atoms with Crippen molar-refractivity contribution in [2.45, 2.75) is 12.8 Å². The van der Waals surface area contributed by atoms with E-state index in [1.165, 1.54) is 0 Å². The normalized spacial score (nSPS) is 8.81. The number of carbonyl (C=O) groups excluding carboxylic acids is 1. The van der Waals surface area contributed by atoms with Crippen LogP contribution >= 0.6 is 24.8 Å². The second-order valence-electron chi connectivity index (χ2n) is 3.02. The molecule has 0 radical (unpaired) electrons. The van der Waals surface area contributed by atoms with Crippen LogP contribution < -0.4 is 5.73 Å². The molecule has 0 spiro atoms. The van der Waals surface area contributed by atoms with E-state index in [4.69, 9.17) is 18.0 Å². The predicted molar refractivity (Wildman–Crippen MR) is 73.0 cm³/mol. The van der Waals surface area contributed by atoms with Gasteiger partial charge < -0.3 is 10.7 Å². The van der Waals surface area contributed by atoms with Gasteiger partial charge in [-0.25, -0.2) is 0 Å². The molecule has 0 fully saturated rings. The number of pyridine rings is 1. The molecule has 1 heterocycles. The first kappa shape index (κ1) is 14.9. The number of primary amides is 1. The maximum absolute atomic E-state index is 10.3. The Bertz CT molecular complexity index is 370. The lowest BCUT2D eigenvalue weighted by molar-refractivity contribution is -0.114. The van der Waals surface area contributed by atoms with Crippen molar-refractivity contribution in [2.75, 3.05) is 5.75 Å². The average molecular weight is 256 g/mol. The van der Waals surface area contributed by atoms with Gasteiger partial charge in [0, 0.05) is 11.8 Å². The molecule has 0 aliphatic rings. The number of thiol groups is 1. The molecule has 1 aromatic rings. The summed E-state index contributed by atoms with van der Waals surface area (Å²) in [5.74, 6) is 0.364. The summed E-state index contributed by atoms with van der Waals surface area (Å²) in [6.45, 7) is 3.48. The van der Waals surface area contributed by atoms with Crippen molar-refractivity contribution in [3.05, 3.63) is 41.2 Å². The molecule has 0 saturated heterocycles. The molecule has 1 amide bonds. The van der Waals surface area contributed by atoms with Crippen molar-refractivity contribution in [1.82, 2.24) is 4.98 Å². The minimum absolute atomic E-state index is 0.406. The van der Waals surface area contributed by atoms with Crippen molar-refractivity contribution in [3.8, 4) is 0 Å². The first-order valence-electron chi connectivity index (χ1n) is 4.80. The Labute approximate surface area is 106 Å². The maximum Gasteiger partial charge on any atom is 0.244 e. The summed E-state index contributed by atoms with van der Waals surface area (Å²) in [6, 6.07) is 5.64. The fraction of sp³-hybridized carbons (Fsp3) is 0.273. The quantitative estimate of drug-likeness (QED) is 0.440. The van der Waals surface area contributed by atoms with Crippen molar-refractivity contribution in [3.63, 3.8) is 0 Å². The number of carbonyl (C=O) groups is 1. The van der Waals surface area contributed by atoms with Gasteiger partial charge in [0.05, 0.1) is 0 Å². The average Bonchev–Trinajstić information content (AvgIpc) is 2.27. The third-order valence-corrected chi connectivity index (χ3v) is 2.24. The largest absolute Gasteiger partial charge is 0.366 e. The summed E-state index contributed by atoms with van der Waals surface area (Å²) >= 11 is 8.73. The first-order valence-corrected chi connectivity index (χ1v) is 5.84. The highest BCUT2D eigenvalue weighted by Crippen LogP contribution is 2.01. The molecular weight excluding hydrogens is 240 g/mol. The monoisotopic (exact) mass is 256 g/mol. The molecule has 0 aromatic carbocycles. The van der Waals surface area contributed by atoms with Gasteiger partial charge in [0.2, 0.25) is 5.91 Å². The van der Waals surface area contributed by atoms with Gasteiger partial charge in [-0.2, -0.15) is 12.6 Å². The van der Waals surface area contributed by atoms with Crippen LogP contribution in [-0.2, 0) is 4.79 Å². The number of hydrogen-bond acceptors (Lipinski definition) is 3. The van der Waals surface area contributed by atoms with E-state index in [-0.39, 0.29) is 0 Å². The molecule has 5 heteroatoms. The third kappa shape index (κ3) is 8.26. The van der Waals surface area contributed by atoms with E-state index in [1.807, 2.05) is 24.4 Å². The van der Waals surface area contributed by atoms with Gasteiger partial charge in [-0.05, 0) is 30.7 Å². The van der Waals surface area contributed by atoms with Crippen LogP contribution in [0.2, 0.25) is 0 Å². The van der Waals surface area contributed by atoms with Crippen LogP contribution in [0.5, 0.6) is 0 Å². The standard InChI is InChI=1S/C6H11NOS.C5H5NS/c1-5(6(7)8)3-2-4-9;7-5-3-1-2-4-6-5/h9H,1-4H2,(H2,7,8);1-4H,(H,6,7). The van der Waals surface area contributed by atoms with E-state index in [2.05, 4.69) is 24.2 Å². The number of amides is 1. The van der Waals surface area contributed by atoms with Crippen LogP contribution in [0.15, 0.2) is 36.5 Å². The summed E-state index contributed by atoms with van der Waals surface area (Å²) < 4.78 is 0.780. The summed E-state index contributed by atoms with van der Waals surface area (Å²) in [5, 5.41) is 0. The molecular formula is C11H16N2OS2. The van der Waals surface area contributed by atoms with Crippen LogP contribution in [0.25, 0.3) is 0 Å². The molecule has 0 atom stereocenters. The van der Waals surface area contributed by atoms with Crippen LogP contribution in [-0.4, -0.2) is 16.6 Å². The minimum Gasteiger partial charge on any atom is -0.366 e. The van der Waals surface area contributed by atoms with E-state index in [0.717, 1.165) is 16.8 Å². The lowest BCUT2D eigenvalue weighted by atomic mass is 10.2. The molecule has 0 unspecified atom stereocenters. The van der Waals surface area contributed by atoms with Gasteiger partial charge in [0.25, 0.3) is 0 Å². The zero-order chi connectivity index (χ0) is 12.4. The smallest absolute Gasteiger partial charge is 0.244 e. The zero-order valence-corrected chi connectivity index (χ0v) is 10.7. The van der Waals surface area contributed by atoms with E-state index < -0.39 is 5.91 Å². The van der Waals surface area contributed by atoms with E-state index in [0.29, 0.717) is 12.0 Å². The summed E-state index contributed by atoms with van der Waals surface area (Å²) in [7, 11) is 0. The molecule has 1 rings (SSSR count). The summed E-state index contributed by atoms with van der Waals surface area (Å²) in [4.78, 5) is 13.1. The topological polar surface area (TPSA) is 58.9 Å². The second kappa shape index (κ2) is 9.18. The van der Waals surface area contributed by atoms with Gasteiger partial charge in [-0.1, -0.05) is 24.9 Å². The van der Waals surface area contributed by atoms with Gasteiger partial charge in [-0.15, -0.1) is 0 Å². The van der Waals surface area contributed by atoms with Gasteiger partial charge >= 0.3 is 0 Å². The maximum atomic E-state index is 10.3. The number of aromatic amines is 1. The van der Waals surface area contributed by atoms with E-state index >= 15 is 0 Å². The molecule has 88 valence electrons. The molecule has 0 aliphatic heterocycles. The van der Waals surface area contributed by atoms with Crippen LogP contribution in [0.4, 0.5) is 0 Å². The lowest BCUT2D eigenvalue weighted by Gasteiger charge is -1.95. The number of aromatic nitrogens is 1. The number of H-pyrrole nitrogens is 1. The Morgan fingerprint density at radius 2 is 2.25 bits per heavy atom. The van der Waals surface area contributed by atoms with E-state index in [9.17, 15) is 4.79 Å². The number of nitrogens with two attached hydrogens (primary N) is 1. The van der Waals surface area contributed by atoms with Crippen molar-refractivity contribution >= 4 is 30.8 Å². The molecule has 1 aromatic heterocycles. The van der Waals surface area contributed by atoms with Crippen molar-refractivity contribution in [2.24, 2.45) is 5.73 Å². The molecule has 16 heavy (non-hydrogen) atoms. The van der Waals surface area contributed by atoms with Crippen LogP contribution in [0.1, 0.15) is 12.8 Å². The predicted octanol–water partition coefficient (Wildman–Crippen LogP) is 2.48.